The molecule has 7 heteroatoms. The highest BCUT2D eigenvalue weighted by Gasteiger charge is 2.27. The van der Waals surface area contributed by atoms with Gasteiger partial charge in [-0.15, -0.1) is 0 Å². The Kier molecular flexibility index (Phi) is 35.5. The molecule has 0 aliphatic heterocycles. The second-order valence-corrected chi connectivity index (χ2v) is 6.16. The van der Waals surface area contributed by atoms with Crippen LogP contribution in [0.1, 0.15) is 87.0 Å². The fraction of sp³-hybridized carbons (Fsp3) is 0.864. The molecule has 0 bridgehead atoms. The maximum atomic E-state index is 12.2. The van der Waals surface area contributed by atoms with Gasteiger partial charge in [-0.3, -0.25) is 14.4 Å². The van der Waals surface area contributed by atoms with Crippen LogP contribution in [0.25, 0.3) is 0 Å². The summed E-state index contributed by atoms with van der Waals surface area (Å²) in [5.74, 6) is 0.390. The zero-order valence-corrected chi connectivity index (χ0v) is 21.5. The molecule has 2 amide bonds. The zero-order chi connectivity index (χ0) is 23.7. The van der Waals surface area contributed by atoms with Gasteiger partial charge in [-0.25, -0.2) is 0 Å². The third-order valence-corrected chi connectivity index (χ3v) is 3.93. The number of thiol groups is 1. The summed E-state index contributed by atoms with van der Waals surface area (Å²) in [7, 11) is 3.39. The molecule has 1 unspecified atom stereocenters. The van der Waals surface area contributed by atoms with E-state index in [-0.39, 0.29) is 24.0 Å². The number of unbranched alkanes of at least 4 members (excludes halogenated alkanes) is 3. The van der Waals surface area contributed by atoms with Crippen LogP contribution in [0.3, 0.4) is 0 Å². The highest BCUT2D eigenvalue weighted by Crippen LogP contribution is 2.10. The van der Waals surface area contributed by atoms with Gasteiger partial charge in [0.15, 0.2) is 0 Å². The Morgan fingerprint density at radius 1 is 0.897 bits per heavy atom. The van der Waals surface area contributed by atoms with Crippen LogP contribution in [-0.4, -0.2) is 61.5 Å². The minimum atomic E-state index is -0.728. The molecule has 0 saturated heterocycles. The number of hydrogen-bond acceptors (Lipinski definition) is 5. The number of Topliss-reactive ketones (excluding diaryl/α,β-unsaturated/α-hetero) is 1. The van der Waals surface area contributed by atoms with Crippen LogP contribution >= 0.6 is 12.6 Å². The summed E-state index contributed by atoms with van der Waals surface area (Å²) < 4.78 is 0. The Balaban J connectivity index is -0.000000472. The van der Waals surface area contributed by atoms with Crippen LogP contribution in [0.15, 0.2) is 0 Å². The van der Waals surface area contributed by atoms with E-state index in [9.17, 15) is 14.4 Å². The number of hydrogen-bond donors (Lipinski definition) is 3. The third kappa shape index (κ3) is 23.1. The lowest BCUT2D eigenvalue weighted by molar-refractivity contribution is -0.140. The summed E-state index contributed by atoms with van der Waals surface area (Å²) in [5.41, 5.74) is 0. The molecule has 176 valence electrons. The minimum absolute atomic E-state index is 0.0489. The Morgan fingerprint density at radius 2 is 1.41 bits per heavy atom. The predicted molar refractivity (Wildman–Crippen MR) is 130 cm³/mol. The van der Waals surface area contributed by atoms with Gasteiger partial charge in [0, 0.05) is 33.0 Å². The first-order chi connectivity index (χ1) is 13.9. The molecule has 0 heterocycles. The van der Waals surface area contributed by atoms with Crippen molar-refractivity contribution in [2.75, 3.05) is 32.9 Å². The zero-order valence-electron chi connectivity index (χ0n) is 20.6. The van der Waals surface area contributed by atoms with E-state index in [4.69, 9.17) is 0 Å². The summed E-state index contributed by atoms with van der Waals surface area (Å²) in [6, 6.07) is -0.728. The van der Waals surface area contributed by atoms with Gasteiger partial charge in [-0.1, -0.05) is 54.4 Å². The van der Waals surface area contributed by atoms with Crippen molar-refractivity contribution < 1.29 is 14.4 Å². The standard InChI is InChI=1S/C16H31N3O3S.3C2H6/c1-13(20)12-14(16(22)18-10-9-17-2)19(3)15(21)8-6-4-5-7-11-23;3*1-2/h14,17,23H,4-12H2,1-3H3,(H,18,22);3*1-2H3. The Hall–Kier alpha value is -1.08. The van der Waals surface area contributed by atoms with Crippen molar-refractivity contribution in [3.8, 4) is 0 Å². The van der Waals surface area contributed by atoms with Gasteiger partial charge in [-0.2, -0.15) is 12.6 Å². The number of nitrogens with one attached hydrogen (secondary N) is 2. The van der Waals surface area contributed by atoms with E-state index in [1.165, 1.54) is 11.8 Å². The quantitative estimate of drug-likeness (QED) is 0.301. The second-order valence-electron chi connectivity index (χ2n) is 5.71. The molecule has 1 atom stereocenters. The molecule has 6 nitrogen and oxygen atoms in total. The van der Waals surface area contributed by atoms with E-state index in [1.807, 2.05) is 41.5 Å². The van der Waals surface area contributed by atoms with E-state index in [1.54, 1.807) is 14.1 Å². The topological polar surface area (TPSA) is 78.5 Å². The number of carbonyl (C=O) groups excluding carboxylic acids is 3. The molecule has 0 rings (SSSR count). The molecule has 0 aromatic heterocycles. The molecular formula is C22H49N3O3S. The molecule has 29 heavy (non-hydrogen) atoms. The van der Waals surface area contributed by atoms with Gasteiger partial charge in [0.05, 0.1) is 0 Å². The third-order valence-electron chi connectivity index (χ3n) is 3.62. The predicted octanol–water partition coefficient (Wildman–Crippen LogP) is 4.09. The van der Waals surface area contributed by atoms with Crippen molar-refractivity contribution >= 4 is 30.2 Å². The van der Waals surface area contributed by atoms with Gasteiger partial charge >= 0.3 is 0 Å². The van der Waals surface area contributed by atoms with Crippen LogP contribution in [0, 0.1) is 0 Å². The molecule has 0 aromatic rings. The average molecular weight is 436 g/mol. The maximum Gasteiger partial charge on any atom is 0.243 e. The van der Waals surface area contributed by atoms with E-state index in [0.29, 0.717) is 19.5 Å². The molecule has 0 aliphatic rings. The first-order valence-corrected chi connectivity index (χ1v) is 11.9. The Morgan fingerprint density at radius 3 is 1.86 bits per heavy atom. The number of ketones is 1. The fourth-order valence-electron chi connectivity index (χ4n) is 2.20. The maximum absolute atomic E-state index is 12.2. The summed E-state index contributed by atoms with van der Waals surface area (Å²) >= 11 is 4.16. The first kappa shape index (κ1) is 35.4. The molecular weight excluding hydrogens is 386 g/mol. The van der Waals surface area contributed by atoms with Gasteiger partial charge in [0.2, 0.25) is 11.8 Å². The lowest BCUT2D eigenvalue weighted by Gasteiger charge is -2.26. The second kappa shape index (κ2) is 29.1. The van der Waals surface area contributed by atoms with Crippen LogP contribution in [-0.2, 0) is 14.4 Å². The summed E-state index contributed by atoms with van der Waals surface area (Å²) in [6.07, 6.45) is 4.33. The van der Waals surface area contributed by atoms with Crippen molar-refractivity contribution in [3.05, 3.63) is 0 Å². The van der Waals surface area contributed by atoms with Gasteiger partial charge in [0.1, 0.15) is 11.8 Å². The number of nitrogens with zero attached hydrogens (tertiary/aromatic N) is 1. The molecule has 0 aliphatic carbocycles. The Labute approximate surface area is 186 Å². The smallest absolute Gasteiger partial charge is 0.243 e. The number of amides is 2. The van der Waals surface area contributed by atoms with Crippen LogP contribution < -0.4 is 10.6 Å². The largest absolute Gasteiger partial charge is 0.353 e. The van der Waals surface area contributed by atoms with Crippen molar-refractivity contribution in [1.82, 2.24) is 15.5 Å². The molecule has 0 saturated carbocycles. The molecule has 0 radical (unpaired) electrons. The summed E-state index contributed by atoms with van der Waals surface area (Å²) in [6.45, 7) is 14.5. The Bertz CT molecular complexity index is 380. The summed E-state index contributed by atoms with van der Waals surface area (Å²) in [5, 5.41) is 5.68. The molecule has 0 spiro atoms. The number of carbonyl (C=O) groups is 3. The monoisotopic (exact) mass is 435 g/mol. The van der Waals surface area contributed by atoms with E-state index < -0.39 is 6.04 Å². The van der Waals surface area contributed by atoms with Gasteiger partial charge < -0.3 is 15.5 Å². The van der Waals surface area contributed by atoms with Crippen molar-refractivity contribution in [2.24, 2.45) is 0 Å². The normalized spacial score (nSPS) is 10.0. The molecule has 0 aromatic carbocycles. The fourth-order valence-corrected chi connectivity index (χ4v) is 2.42. The van der Waals surface area contributed by atoms with E-state index in [0.717, 1.165) is 31.4 Å². The molecule has 2 N–H and O–H groups in total. The molecule has 0 fully saturated rings. The van der Waals surface area contributed by atoms with Gasteiger partial charge in [0.25, 0.3) is 0 Å². The van der Waals surface area contributed by atoms with E-state index >= 15 is 0 Å². The van der Waals surface area contributed by atoms with Gasteiger partial charge in [-0.05, 0) is 32.6 Å². The summed E-state index contributed by atoms with van der Waals surface area (Å²) in [4.78, 5) is 37.3. The van der Waals surface area contributed by atoms with Crippen LogP contribution in [0.2, 0.25) is 0 Å². The van der Waals surface area contributed by atoms with Crippen LogP contribution in [0.5, 0.6) is 0 Å². The van der Waals surface area contributed by atoms with E-state index in [2.05, 4.69) is 23.3 Å². The average Bonchev–Trinajstić information content (AvgIpc) is 2.75. The number of likely N-dealkylation sites (N-methyl/N-ethyl adjacent to an activating group) is 2. The lowest BCUT2D eigenvalue weighted by Crippen LogP contribution is -2.49. The first-order valence-electron chi connectivity index (χ1n) is 11.2. The lowest BCUT2D eigenvalue weighted by atomic mass is 10.1. The van der Waals surface area contributed by atoms with Crippen LogP contribution in [0.4, 0.5) is 0 Å². The van der Waals surface area contributed by atoms with Crippen molar-refractivity contribution in [2.45, 2.75) is 93.0 Å². The number of rotatable bonds is 13. The van der Waals surface area contributed by atoms with Crippen molar-refractivity contribution in [3.63, 3.8) is 0 Å². The SMILES string of the molecule is CC.CC.CC.CNCCNC(=O)C(CC(C)=O)N(C)C(=O)CCCCCCS. The van der Waals surface area contributed by atoms with Crippen molar-refractivity contribution in [1.29, 1.82) is 0 Å². The minimum Gasteiger partial charge on any atom is -0.353 e. The highest BCUT2D eigenvalue weighted by atomic mass is 32.1. The highest BCUT2D eigenvalue weighted by molar-refractivity contribution is 7.80.